The predicted octanol–water partition coefficient (Wildman–Crippen LogP) is 5.54. The molecule has 0 saturated heterocycles. The molecule has 0 fully saturated rings. The van der Waals surface area contributed by atoms with Gasteiger partial charge in [0.05, 0.1) is 0 Å². The second-order valence-electron chi connectivity index (χ2n) is 7.89. The van der Waals surface area contributed by atoms with Gasteiger partial charge in [-0.3, -0.25) is 9.11 Å². The molecule has 0 amide bonds. The monoisotopic (exact) mass is 542 g/mol. The standard InChI is InChI=1S/C28H22O6S2.Na.H/c29-35(30,31)27-25(19-17-22-12-6-2-7-13-22)24(18-16-21-10-4-1-5-11-21)20-26(28(27)36(32,33)34)23-14-8-3-9-15-23;;/h1-20H,(H,29,30,31)(H,32,33,34);;. The van der Waals surface area contributed by atoms with Crippen molar-refractivity contribution in [2.45, 2.75) is 9.79 Å². The number of benzene rings is 4. The Bertz CT molecular complexity index is 1650. The molecule has 0 saturated carbocycles. The summed E-state index contributed by atoms with van der Waals surface area (Å²) in [6, 6.07) is 27.9. The Balaban J connectivity index is 0.00000380. The third-order valence-corrected chi connectivity index (χ3v) is 7.41. The Morgan fingerprint density at radius 1 is 0.541 bits per heavy atom. The molecule has 0 bridgehead atoms. The van der Waals surface area contributed by atoms with Crippen LogP contribution in [0.2, 0.25) is 0 Å². The molecule has 0 aromatic heterocycles. The van der Waals surface area contributed by atoms with E-state index in [1.165, 1.54) is 12.1 Å². The Hall–Kier alpha value is -2.82. The van der Waals surface area contributed by atoms with Crippen LogP contribution in [0.3, 0.4) is 0 Å². The van der Waals surface area contributed by atoms with Crippen LogP contribution in [-0.2, 0) is 20.2 Å². The molecule has 0 aliphatic rings. The summed E-state index contributed by atoms with van der Waals surface area (Å²) in [4.78, 5) is -1.79. The van der Waals surface area contributed by atoms with Gasteiger partial charge in [0.2, 0.25) is 0 Å². The van der Waals surface area contributed by atoms with E-state index in [1.54, 1.807) is 72.8 Å². The molecule has 0 radical (unpaired) electrons. The van der Waals surface area contributed by atoms with E-state index in [1.807, 2.05) is 36.4 Å². The quantitative estimate of drug-likeness (QED) is 0.180. The van der Waals surface area contributed by atoms with Crippen molar-refractivity contribution in [2.75, 3.05) is 0 Å². The van der Waals surface area contributed by atoms with Gasteiger partial charge in [0.1, 0.15) is 9.79 Å². The van der Waals surface area contributed by atoms with Crippen molar-refractivity contribution in [3.63, 3.8) is 0 Å². The van der Waals surface area contributed by atoms with Crippen molar-refractivity contribution < 1.29 is 25.9 Å². The zero-order valence-electron chi connectivity index (χ0n) is 18.9. The molecule has 0 spiro atoms. The summed E-state index contributed by atoms with van der Waals surface area (Å²) in [6.07, 6.45) is 6.38. The van der Waals surface area contributed by atoms with E-state index in [-0.39, 0.29) is 40.7 Å². The first-order valence-corrected chi connectivity index (χ1v) is 13.7. The maximum absolute atomic E-state index is 12.7. The molecule has 0 aliphatic heterocycles. The first-order valence-electron chi connectivity index (χ1n) is 10.8. The van der Waals surface area contributed by atoms with Gasteiger partial charge in [-0.2, -0.15) is 16.8 Å². The molecular weight excluding hydrogens is 519 g/mol. The fourth-order valence-electron chi connectivity index (χ4n) is 3.82. The summed E-state index contributed by atoms with van der Waals surface area (Å²) in [7, 11) is -10.2. The van der Waals surface area contributed by atoms with Crippen molar-refractivity contribution in [3.8, 4) is 11.1 Å². The fourth-order valence-corrected chi connectivity index (χ4v) is 6.06. The molecule has 4 rings (SSSR count). The molecule has 0 unspecified atom stereocenters. The third kappa shape index (κ3) is 7.15. The van der Waals surface area contributed by atoms with Gasteiger partial charge in [0.25, 0.3) is 20.2 Å². The number of hydrogen-bond donors (Lipinski definition) is 2. The van der Waals surface area contributed by atoms with Crippen molar-refractivity contribution in [1.29, 1.82) is 0 Å². The molecule has 2 N–H and O–H groups in total. The number of rotatable bonds is 7. The molecule has 37 heavy (non-hydrogen) atoms. The minimum atomic E-state index is -5.11. The van der Waals surface area contributed by atoms with Gasteiger partial charge < -0.3 is 0 Å². The van der Waals surface area contributed by atoms with Crippen LogP contribution < -0.4 is 0 Å². The van der Waals surface area contributed by atoms with Gasteiger partial charge in [-0.25, -0.2) is 0 Å². The fraction of sp³-hybridized carbons (Fsp3) is 0. The molecule has 0 atom stereocenters. The molecule has 6 nitrogen and oxygen atoms in total. The van der Waals surface area contributed by atoms with Crippen LogP contribution in [0.4, 0.5) is 0 Å². The molecule has 0 aliphatic carbocycles. The van der Waals surface area contributed by atoms with Crippen LogP contribution in [0, 0.1) is 0 Å². The molecule has 4 aromatic rings. The van der Waals surface area contributed by atoms with Gasteiger partial charge in [-0.1, -0.05) is 115 Å². The Morgan fingerprint density at radius 2 is 0.973 bits per heavy atom. The Kier molecular flexibility index (Phi) is 9.44. The zero-order chi connectivity index (χ0) is 25.8. The van der Waals surface area contributed by atoms with E-state index in [0.29, 0.717) is 11.1 Å². The van der Waals surface area contributed by atoms with Crippen LogP contribution in [0.25, 0.3) is 35.4 Å². The molecule has 184 valence electrons. The molecule has 4 aromatic carbocycles. The van der Waals surface area contributed by atoms with E-state index < -0.39 is 30.0 Å². The second-order valence-corrected chi connectivity index (χ2v) is 10.6. The average molecular weight is 543 g/mol. The van der Waals surface area contributed by atoms with Gasteiger partial charge in [-0.05, 0) is 28.3 Å². The summed E-state index contributed by atoms with van der Waals surface area (Å²) in [6.45, 7) is 0. The van der Waals surface area contributed by atoms with Gasteiger partial charge in [0, 0.05) is 11.1 Å². The zero-order valence-corrected chi connectivity index (χ0v) is 20.5. The van der Waals surface area contributed by atoms with E-state index in [2.05, 4.69) is 0 Å². The average Bonchev–Trinajstić information content (AvgIpc) is 2.86. The second kappa shape index (κ2) is 12.1. The van der Waals surface area contributed by atoms with Gasteiger partial charge >= 0.3 is 29.6 Å². The van der Waals surface area contributed by atoms with Crippen molar-refractivity contribution in [3.05, 3.63) is 119 Å². The van der Waals surface area contributed by atoms with Gasteiger partial charge in [-0.15, -0.1) is 0 Å². The Morgan fingerprint density at radius 3 is 1.43 bits per heavy atom. The van der Waals surface area contributed by atoms with E-state index in [9.17, 15) is 25.9 Å². The minimum absolute atomic E-state index is 0. The molecule has 0 heterocycles. The first kappa shape index (κ1) is 28.7. The van der Waals surface area contributed by atoms with Crippen molar-refractivity contribution in [2.24, 2.45) is 0 Å². The van der Waals surface area contributed by atoms with Crippen molar-refractivity contribution >= 4 is 74.1 Å². The summed E-state index contributed by atoms with van der Waals surface area (Å²) in [5.74, 6) is 0. The Labute approximate surface area is 238 Å². The predicted molar refractivity (Wildman–Crippen MR) is 149 cm³/mol. The van der Waals surface area contributed by atoms with Crippen LogP contribution in [-0.4, -0.2) is 55.5 Å². The van der Waals surface area contributed by atoms with Crippen LogP contribution >= 0.6 is 0 Å². The molecule has 9 heteroatoms. The molecular formula is C28H23NaO6S2. The maximum atomic E-state index is 12.7. The third-order valence-electron chi connectivity index (χ3n) is 5.40. The summed E-state index contributed by atoms with van der Waals surface area (Å²) in [5.41, 5.74) is 2.07. The SMILES string of the molecule is O=S(=O)(O)c1c(-c2ccccc2)cc(C=Cc2ccccc2)c(C=Cc2ccccc2)c1S(=O)(=O)O.[NaH]. The normalized spacial score (nSPS) is 12.1. The van der Waals surface area contributed by atoms with Crippen LogP contribution in [0.1, 0.15) is 22.3 Å². The number of hydrogen-bond acceptors (Lipinski definition) is 4. The van der Waals surface area contributed by atoms with Crippen molar-refractivity contribution in [1.82, 2.24) is 0 Å². The topological polar surface area (TPSA) is 109 Å². The first-order chi connectivity index (χ1) is 17.1. The summed E-state index contributed by atoms with van der Waals surface area (Å²) < 4.78 is 70.8. The van der Waals surface area contributed by atoms with E-state index in [0.717, 1.165) is 11.1 Å². The van der Waals surface area contributed by atoms with E-state index in [4.69, 9.17) is 0 Å². The summed E-state index contributed by atoms with van der Waals surface area (Å²) >= 11 is 0. The van der Waals surface area contributed by atoms with E-state index >= 15 is 0 Å². The van der Waals surface area contributed by atoms with Gasteiger partial charge in [0.15, 0.2) is 0 Å². The van der Waals surface area contributed by atoms with Crippen LogP contribution in [0.5, 0.6) is 0 Å². The summed E-state index contributed by atoms with van der Waals surface area (Å²) in [5, 5.41) is 0. The van der Waals surface area contributed by atoms with Crippen LogP contribution in [0.15, 0.2) is 107 Å².